The van der Waals surface area contributed by atoms with E-state index < -0.39 is 0 Å². The van der Waals surface area contributed by atoms with Crippen LogP contribution in [0.2, 0.25) is 0 Å². The SMILES string of the molecule is CCNC(=NCc1cccc(C(=O)NC(C)(C)C)c1)NCc1sc(C)nc1C.I. The summed E-state index contributed by atoms with van der Waals surface area (Å²) in [7, 11) is 0. The van der Waals surface area contributed by atoms with Crippen molar-refractivity contribution in [3.63, 3.8) is 0 Å². The third-order valence-corrected chi connectivity index (χ3v) is 4.93. The average molecular weight is 529 g/mol. The number of hydrogen-bond acceptors (Lipinski definition) is 4. The van der Waals surface area contributed by atoms with Gasteiger partial charge in [-0.05, 0) is 59.2 Å². The lowest BCUT2D eigenvalue weighted by Crippen LogP contribution is -2.40. The van der Waals surface area contributed by atoms with E-state index in [1.807, 2.05) is 65.8 Å². The van der Waals surface area contributed by atoms with Crippen molar-refractivity contribution in [1.82, 2.24) is 20.9 Å². The van der Waals surface area contributed by atoms with Crippen LogP contribution in [-0.4, -0.2) is 28.9 Å². The summed E-state index contributed by atoms with van der Waals surface area (Å²) in [6, 6.07) is 7.60. The van der Waals surface area contributed by atoms with Crippen LogP contribution in [0.25, 0.3) is 0 Å². The van der Waals surface area contributed by atoms with E-state index in [2.05, 4.69) is 25.9 Å². The van der Waals surface area contributed by atoms with Crippen LogP contribution in [0, 0.1) is 13.8 Å². The van der Waals surface area contributed by atoms with E-state index in [9.17, 15) is 4.79 Å². The van der Waals surface area contributed by atoms with E-state index in [0.717, 1.165) is 28.8 Å². The van der Waals surface area contributed by atoms with E-state index in [-0.39, 0.29) is 35.4 Å². The Morgan fingerprint density at radius 1 is 1.21 bits per heavy atom. The molecule has 8 heteroatoms. The lowest BCUT2D eigenvalue weighted by molar-refractivity contribution is 0.0919. The Bertz CT molecular complexity index is 842. The maximum absolute atomic E-state index is 12.4. The lowest BCUT2D eigenvalue weighted by atomic mass is 10.1. The number of nitrogens with zero attached hydrogens (tertiary/aromatic N) is 2. The quantitative estimate of drug-likeness (QED) is 0.299. The monoisotopic (exact) mass is 529 g/mol. The van der Waals surface area contributed by atoms with Gasteiger partial charge < -0.3 is 16.0 Å². The summed E-state index contributed by atoms with van der Waals surface area (Å²) in [5, 5.41) is 10.7. The minimum Gasteiger partial charge on any atom is -0.357 e. The fraction of sp³-hybridized carbons (Fsp3) is 0.476. The fourth-order valence-electron chi connectivity index (χ4n) is 2.64. The highest BCUT2D eigenvalue weighted by atomic mass is 127. The van der Waals surface area contributed by atoms with Crippen molar-refractivity contribution in [2.75, 3.05) is 6.54 Å². The average Bonchev–Trinajstić information content (AvgIpc) is 2.93. The zero-order valence-electron chi connectivity index (χ0n) is 18.0. The normalized spacial score (nSPS) is 11.6. The number of rotatable bonds is 6. The molecule has 0 spiro atoms. The van der Waals surface area contributed by atoms with Crippen molar-refractivity contribution < 1.29 is 4.79 Å². The van der Waals surface area contributed by atoms with Crippen LogP contribution < -0.4 is 16.0 Å². The number of hydrogen-bond donors (Lipinski definition) is 3. The largest absolute Gasteiger partial charge is 0.357 e. The van der Waals surface area contributed by atoms with Crippen molar-refractivity contribution in [1.29, 1.82) is 0 Å². The van der Waals surface area contributed by atoms with E-state index in [4.69, 9.17) is 0 Å². The highest BCUT2D eigenvalue weighted by Crippen LogP contribution is 2.16. The number of benzene rings is 1. The Morgan fingerprint density at radius 2 is 1.93 bits per heavy atom. The van der Waals surface area contributed by atoms with Gasteiger partial charge in [0, 0.05) is 22.5 Å². The Morgan fingerprint density at radius 3 is 2.52 bits per heavy atom. The third kappa shape index (κ3) is 8.69. The Balaban J connectivity index is 0.00000420. The maximum Gasteiger partial charge on any atom is 0.251 e. The minimum atomic E-state index is -0.263. The van der Waals surface area contributed by atoms with Gasteiger partial charge in [0.15, 0.2) is 5.96 Å². The first-order valence-electron chi connectivity index (χ1n) is 9.54. The predicted molar refractivity (Wildman–Crippen MR) is 132 cm³/mol. The molecule has 0 unspecified atom stereocenters. The topological polar surface area (TPSA) is 78.4 Å². The minimum absolute atomic E-state index is 0. The molecule has 0 fully saturated rings. The predicted octanol–water partition coefficient (Wildman–Crippen LogP) is 4.16. The number of halogens is 1. The van der Waals surface area contributed by atoms with Gasteiger partial charge in [0.05, 0.1) is 23.8 Å². The highest BCUT2D eigenvalue weighted by molar-refractivity contribution is 14.0. The van der Waals surface area contributed by atoms with Crippen molar-refractivity contribution in [3.05, 3.63) is 51.0 Å². The lowest BCUT2D eigenvalue weighted by Gasteiger charge is -2.20. The molecule has 2 aromatic rings. The van der Waals surface area contributed by atoms with Gasteiger partial charge in [-0.3, -0.25) is 4.79 Å². The maximum atomic E-state index is 12.4. The van der Waals surface area contributed by atoms with Crippen LogP contribution in [0.15, 0.2) is 29.3 Å². The fourth-order valence-corrected chi connectivity index (χ4v) is 3.51. The van der Waals surface area contributed by atoms with Crippen LogP contribution >= 0.6 is 35.3 Å². The van der Waals surface area contributed by atoms with E-state index >= 15 is 0 Å². The Labute approximate surface area is 195 Å². The van der Waals surface area contributed by atoms with Crippen molar-refractivity contribution in [3.8, 4) is 0 Å². The summed E-state index contributed by atoms with van der Waals surface area (Å²) in [4.78, 5) is 22.7. The zero-order valence-corrected chi connectivity index (χ0v) is 21.2. The molecule has 1 aromatic carbocycles. The molecular formula is C21H32IN5OS. The molecule has 2 rings (SSSR count). The first-order chi connectivity index (χ1) is 13.2. The molecular weight excluding hydrogens is 497 g/mol. The van der Waals surface area contributed by atoms with Crippen LogP contribution in [0.5, 0.6) is 0 Å². The number of aliphatic imine (C=N–C) groups is 1. The summed E-state index contributed by atoms with van der Waals surface area (Å²) in [6.45, 7) is 14.0. The second-order valence-corrected chi connectivity index (χ2v) is 8.98. The van der Waals surface area contributed by atoms with E-state index in [1.165, 1.54) is 4.88 Å². The molecule has 1 heterocycles. The van der Waals surface area contributed by atoms with Gasteiger partial charge in [-0.25, -0.2) is 9.98 Å². The molecule has 160 valence electrons. The van der Waals surface area contributed by atoms with E-state index in [1.54, 1.807) is 11.3 Å². The number of guanidine groups is 1. The van der Waals surface area contributed by atoms with Gasteiger partial charge in [-0.1, -0.05) is 12.1 Å². The van der Waals surface area contributed by atoms with Crippen LogP contribution in [0.3, 0.4) is 0 Å². The second-order valence-electron chi connectivity index (χ2n) is 7.69. The van der Waals surface area contributed by atoms with Gasteiger partial charge in [0.25, 0.3) is 5.91 Å². The Kier molecular flexibility index (Phi) is 10.0. The molecule has 0 aliphatic carbocycles. The number of thiazole rings is 1. The van der Waals surface area contributed by atoms with Gasteiger partial charge in [0.2, 0.25) is 0 Å². The Hall–Kier alpha value is -1.68. The van der Waals surface area contributed by atoms with Gasteiger partial charge in [-0.2, -0.15) is 0 Å². The number of aromatic nitrogens is 1. The number of aryl methyl sites for hydroxylation is 2. The second kappa shape index (κ2) is 11.5. The van der Waals surface area contributed by atoms with Gasteiger partial charge >= 0.3 is 0 Å². The van der Waals surface area contributed by atoms with Crippen LogP contribution in [0.1, 0.15) is 59.2 Å². The van der Waals surface area contributed by atoms with Crippen molar-refractivity contribution in [2.45, 2.75) is 60.2 Å². The molecule has 0 bridgehead atoms. The highest BCUT2D eigenvalue weighted by Gasteiger charge is 2.15. The summed E-state index contributed by atoms with van der Waals surface area (Å²) in [5.41, 5.74) is 2.43. The molecule has 0 aliphatic rings. The molecule has 1 aromatic heterocycles. The molecule has 0 saturated carbocycles. The zero-order chi connectivity index (χ0) is 20.7. The molecule has 0 radical (unpaired) electrons. The van der Waals surface area contributed by atoms with Crippen LogP contribution in [0.4, 0.5) is 0 Å². The molecule has 29 heavy (non-hydrogen) atoms. The smallest absolute Gasteiger partial charge is 0.251 e. The van der Waals surface area contributed by atoms with E-state index in [0.29, 0.717) is 18.7 Å². The molecule has 3 N–H and O–H groups in total. The number of nitrogens with one attached hydrogen (secondary N) is 3. The first-order valence-corrected chi connectivity index (χ1v) is 10.4. The van der Waals surface area contributed by atoms with Gasteiger partial charge in [0.1, 0.15) is 0 Å². The standard InChI is InChI=1S/C21H31N5OS.HI/c1-7-22-20(24-13-18-14(2)25-15(3)28-18)23-12-16-9-8-10-17(11-16)19(27)26-21(4,5)6;/h8-11H,7,12-13H2,1-6H3,(H,26,27)(H2,22,23,24);1H. The molecule has 0 atom stereocenters. The van der Waals surface area contributed by atoms with Crippen molar-refractivity contribution in [2.24, 2.45) is 4.99 Å². The molecule has 0 aliphatic heterocycles. The summed E-state index contributed by atoms with van der Waals surface area (Å²) in [6.07, 6.45) is 0. The first kappa shape index (κ1) is 25.4. The van der Waals surface area contributed by atoms with Crippen LogP contribution in [-0.2, 0) is 13.1 Å². The summed E-state index contributed by atoms with van der Waals surface area (Å²) >= 11 is 1.70. The third-order valence-electron chi connectivity index (χ3n) is 3.86. The van der Waals surface area contributed by atoms with Crippen molar-refractivity contribution >= 4 is 47.2 Å². The number of carbonyl (C=O) groups is 1. The summed E-state index contributed by atoms with van der Waals surface area (Å²) in [5.74, 6) is 0.678. The number of carbonyl (C=O) groups excluding carboxylic acids is 1. The molecule has 6 nitrogen and oxygen atoms in total. The molecule has 0 saturated heterocycles. The number of amides is 1. The molecule has 1 amide bonds. The van der Waals surface area contributed by atoms with Gasteiger partial charge in [-0.15, -0.1) is 35.3 Å². The summed E-state index contributed by atoms with van der Waals surface area (Å²) < 4.78 is 0.